The highest BCUT2D eigenvalue weighted by molar-refractivity contribution is 9.09. The maximum atomic E-state index is 12.3. The van der Waals surface area contributed by atoms with E-state index >= 15 is 0 Å². The van der Waals surface area contributed by atoms with Gasteiger partial charge in [-0.05, 0) is 32.1 Å². The molecular formula is C15H24BrNO4. The van der Waals surface area contributed by atoms with Crippen LogP contribution < -0.4 is 5.32 Å². The summed E-state index contributed by atoms with van der Waals surface area (Å²) in [4.78, 5) is 12.3. The van der Waals surface area contributed by atoms with E-state index in [4.69, 9.17) is 4.74 Å². The highest BCUT2D eigenvalue weighted by Gasteiger charge is 2.77. The lowest BCUT2D eigenvalue weighted by Gasteiger charge is -2.60. The molecule has 2 aliphatic heterocycles. The Balaban J connectivity index is 1.88. The molecule has 0 radical (unpaired) electrons. The van der Waals surface area contributed by atoms with E-state index in [1.807, 2.05) is 6.92 Å². The number of fused-ring (bicyclic) bond motifs is 1. The average molecular weight is 362 g/mol. The van der Waals surface area contributed by atoms with Crippen LogP contribution >= 0.6 is 15.9 Å². The van der Waals surface area contributed by atoms with Crippen molar-refractivity contribution in [2.24, 2.45) is 11.8 Å². The number of ether oxygens (including phenoxy) is 1. The number of hydrogen-bond donors (Lipinski definition) is 3. The standard InChI is InChI=1S/C15H24BrNO4/c1-14-10(7-8-16)12(19)17-15(14,13(20)21-14)11(18)9-5-3-2-4-6-9/h9-11,13,18,20H,2-8H2,1H3,(H,17,19). The fourth-order valence-corrected chi connectivity index (χ4v) is 5.02. The molecule has 1 amide bonds. The minimum Gasteiger partial charge on any atom is -0.390 e. The number of carbonyl (C=O) groups is 1. The van der Waals surface area contributed by atoms with Gasteiger partial charge in [0, 0.05) is 5.33 Å². The molecule has 3 N–H and O–H groups in total. The Labute approximate surface area is 133 Å². The molecule has 0 spiro atoms. The zero-order valence-electron chi connectivity index (χ0n) is 12.3. The molecule has 2 saturated heterocycles. The first-order valence-corrected chi connectivity index (χ1v) is 9.01. The third-order valence-corrected chi connectivity index (χ3v) is 6.30. The van der Waals surface area contributed by atoms with Crippen LogP contribution in [0.1, 0.15) is 45.4 Å². The maximum absolute atomic E-state index is 12.3. The lowest BCUT2D eigenvalue weighted by molar-refractivity contribution is -0.371. The van der Waals surface area contributed by atoms with Crippen molar-refractivity contribution >= 4 is 21.8 Å². The summed E-state index contributed by atoms with van der Waals surface area (Å²) in [5, 5.41) is 24.8. The Morgan fingerprint density at radius 2 is 2.10 bits per heavy atom. The first-order valence-electron chi connectivity index (χ1n) is 7.89. The molecule has 5 atom stereocenters. The van der Waals surface area contributed by atoms with E-state index in [9.17, 15) is 15.0 Å². The Morgan fingerprint density at radius 1 is 1.43 bits per heavy atom. The van der Waals surface area contributed by atoms with Gasteiger partial charge in [-0.25, -0.2) is 0 Å². The van der Waals surface area contributed by atoms with Crippen molar-refractivity contribution in [3.63, 3.8) is 0 Å². The molecule has 120 valence electrons. The molecule has 0 aromatic carbocycles. The van der Waals surface area contributed by atoms with Crippen molar-refractivity contribution in [1.82, 2.24) is 5.32 Å². The highest BCUT2D eigenvalue weighted by atomic mass is 79.9. The zero-order chi connectivity index (χ0) is 15.3. The van der Waals surface area contributed by atoms with Crippen LogP contribution in [0.5, 0.6) is 0 Å². The topological polar surface area (TPSA) is 78.8 Å². The van der Waals surface area contributed by atoms with Crippen molar-refractivity contribution in [1.29, 1.82) is 0 Å². The van der Waals surface area contributed by atoms with Gasteiger partial charge in [-0.3, -0.25) is 4.79 Å². The van der Waals surface area contributed by atoms with E-state index in [0.717, 1.165) is 25.7 Å². The fourth-order valence-electron chi connectivity index (χ4n) is 4.56. The lowest BCUT2D eigenvalue weighted by Crippen LogP contribution is -2.82. The van der Waals surface area contributed by atoms with Crippen LogP contribution in [0.2, 0.25) is 0 Å². The van der Waals surface area contributed by atoms with Crippen LogP contribution in [-0.4, -0.2) is 45.0 Å². The van der Waals surface area contributed by atoms with Gasteiger partial charge < -0.3 is 20.3 Å². The second-order valence-electron chi connectivity index (χ2n) is 6.81. The van der Waals surface area contributed by atoms with Crippen molar-refractivity contribution in [2.75, 3.05) is 5.33 Å². The first-order chi connectivity index (χ1) is 9.97. The average Bonchev–Trinajstić information content (AvgIpc) is 2.65. The number of carbonyl (C=O) groups excluding carboxylic acids is 1. The number of hydrogen-bond acceptors (Lipinski definition) is 4. The van der Waals surface area contributed by atoms with Crippen LogP contribution in [0.15, 0.2) is 0 Å². The zero-order valence-corrected chi connectivity index (χ0v) is 13.9. The summed E-state index contributed by atoms with van der Waals surface area (Å²) in [5.74, 6) is -0.332. The Bertz CT molecular complexity index is 428. The summed E-state index contributed by atoms with van der Waals surface area (Å²) < 4.78 is 5.59. The molecule has 0 aromatic rings. The number of rotatable bonds is 4. The van der Waals surface area contributed by atoms with Crippen LogP contribution in [0.25, 0.3) is 0 Å². The molecule has 0 bridgehead atoms. The molecule has 0 aromatic heterocycles. The quantitative estimate of drug-likeness (QED) is 0.659. The van der Waals surface area contributed by atoms with Crippen molar-refractivity contribution in [3.8, 4) is 0 Å². The van der Waals surface area contributed by atoms with Gasteiger partial charge in [0.25, 0.3) is 0 Å². The van der Waals surface area contributed by atoms with E-state index in [1.165, 1.54) is 6.42 Å². The van der Waals surface area contributed by atoms with E-state index in [2.05, 4.69) is 21.2 Å². The number of aliphatic hydroxyl groups excluding tert-OH is 2. The minimum absolute atomic E-state index is 0.122. The molecule has 3 aliphatic rings. The van der Waals surface area contributed by atoms with Crippen LogP contribution in [-0.2, 0) is 9.53 Å². The van der Waals surface area contributed by atoms with Gasteiger partial charge in [-0.2, -0.15) is 0 Å². The molecule has 6 heteroatoms. The Morgan fingerprint density at radius 3 is 2.67 bits per heavy atom. The van der Waals surface area contributed by atoms with Crippen LogP contribution in [0.4, 0.5) is 0 Å². The largest absolute Gasteiger partial charge is 0.390 e. The molecule has 3 fully saturated rings. The van der Waals surface area contributed by atoms with E-state index in [1.54, 1.807) is 0 Å². The highest BCUT2D eigenvalue weighted by Crippen LogP contribution is 2.55. The van der Waals surface area contributed by atoms with Crippen LogP contribution in [0.3, 0.4) is 0 Å². The van der Waals surface area contributed by atoms with Gasteiger partial charge in [-0.1, -0.05) is 35.2 Å². The fraction of sp³-hybridized carbons (Fsp3) is 0.933. The molecule has 5 nitrogen and oxygen atoms in total. The molecule has 2 heterocycles. The molecule has 5 unspecified atom stereocenters. The van der Waals surface area contributed by atoms with Crippen molar-refractivity contribution < 1.29 is 19.7 Å². The monoisotopic (exact) mass is 361 g/mol. The predicted molar refractivity (Wildman–Crippen MR) is 80.9 cm³/mol. The third-order valence-electron chi connectivity index (χ3n) is 5.84. The summed E-state index contributed by atoms with van der Waals surface area (Å²) in [6.07, 6.45) is 4.06. The maximum Gasteiger partial charge on any atom is 0.226 e. The number of amides is 1. The summed E-state index contributed by atoms with van der Waals surface area (Å²) >= 11 is 3.37. The number of alkyl halides is 1. The molecular weight excluding hydrogens is 338 g/mol. The summed E-state index contributed by atoms with van der Waals surface area (Å²) in [6, 6.07) is 0. The second kappa shape index (κ2) is 5.48. The SMILES string of the molecule is CC12OC(O)C1(C(O)C1CCCCC1)NC(=O)C2CCBr. The van der Waals surface area contributed by atoms with Gasteiger partial charge in [0.15, 0.2) is 6.29 Å². The minimum atomic E-state index is -1.12. The molecule has 1 aliphatic carbocycles. The van der Waals surface area contributed by atoms with Crippen molar-refractivity contribution in [2.45, 2.75) is 69.0 Å². The number of halogens is 1. The summed E-state index contributed by atoms with van der Waals surface area (Å²) in [6.45, 7) is 1.84. The normalized spacial score (nSPS) is 44.9. The summed E-state index contributed by atoms with van der Waals surface area (Å²) in [7, 11) is 0. The van der Waals surface area contributed by atoms with E-state index in [0.29, 0.717) is 11.8 Å². The van der Waals surface area contributed by atoms with E-state index in [-0.39, 0.29) is 17.7 Å². The van der Waals surface area contributed by atoms with Gasteiger partial charge >= 0.3 is 0 Å². The second-order valence-corrected chi connectivity index (χ2v) is 7.60. The Hall–Kier alpha value is -0.170. The third kappa shape index (κ3) is 2.02. The number of nitrogens with one attached hydrogen (secondary N) is 1. The first kappa shape index (κ1) is 15.7. The van der Waals surface area contributed by atoms with E-state index < -0.39 is 23.5 Å². The smallest absolute Gasteiger partial charge is 0.226 e. The number of aliphatic hydroxyl groups is 2. The molecule has 21 heavy (non-hydrogen) atoms. The van der Waals surface area contributed by atoms with Gasteiger partial charge in [0.05, 0.1) is 12.0 Å². The van der Waals surface area contributed by atoms with Crippen molar-refractivity contribution in [3.05, 3.63) is 0 Å². The molecule has 1 saturated carbocycles. The Kier molecular flexibility index (Phi) is 4.10. The molecule has 3 rings (SSSR count). The van der Waals surface area contributed by atoms with Crippen LogP contribution in [0, 0.1) is 11.8 Å². The van der Waals surface area contributed by atoms with Gasteiger partial charge in [-0.15, -0.1) is 0 Å². The lowest BCUT2D eigenvalue weighted by atomic mass is 9.63. The summed E-state index contributed by atoms with van der Waals surface area (Å²) in [5.41, 5.74) is -1.87. The van der Waals surface area contributed by atoms with Gasteiger partial charge in [0.1, 0.15) is 11.1 Å². The van der Waals surface area contributed by atoms with Gasteiger partial charge in [0.2, 0.25) is 5.91 Å². The predicted octanol–water partition coefficient (Wildman–Crippen LogP) is 1.30.